The Balaban J connectivity index is 1.42. The number of rotatable bonds is 5. The molecule has 238 valence electrons. The number of ether oxygens (including phenoxy) is 1. The lowest BCUT2D eigenvalue weighted by atomic mass is 9.78. The third kappa shape index (κ3) is 4.99. The molecule has 11 heteroatoms. The minimum Gasteiger partial charge on any atom is -0.462 e. The number of hydrogen-bond acceptors (Lipinski definition) is 7. The molecule has 7 rings (SSSR count). The van der Waals surface area contributed by atoms with Crippen molar-refractivity contribution >= 4 is 33.2 Å². The van der Waals surface area contributed by atoms with Crippen molar-refractivity contribution in [3.63, 3.8) is 0 Å². The van der Waals surface area contributed by atoms with Crippen LogP contribution in [0.1, 0.15) is 45.0 Å². The van der Waals surface area contributed by atoms with E-state index >= 15 is 8.78 Å². The molecule has 2 saturated heterocycles. The standard InChI is InChI=1S/C35H34F4N6O/c1-4-22-26(37)9-8-19-13-21(40)14-24(27(19)22)30-29(39)31-25(16-41-30)33(45-11-6-5-7-23-28(38)32(23)45)43-34(42-31)46-18-35(2)17-44(3)12-10-20(35)15-36/h1,8-9,13-16,23,28,32H,5-7,10-12,17-18,40H2,2-3H3/b20-15+/t23-,28-,32-,35-/m0/s1/i3D3,18D2. The van der Waals surface area contributed by atoms with Gasteiger partial charge in [-0.2, -0.15) is 9.97 Å². The van der Waals surface area contributed by atoms with E-state index in [1.807, 2.05) is 0 Å². The highest BCUT2D eigenvalue weighted by atomic mass is 19.1. The minimum absolute atomic E-state index is 0.0228. The number of benzene rings is 2. The van der Waals surface area contributed by atoms with E-state index in [0.29, 0.717) is 24.8 Å². The van der Waals surface area contributed by atoms with Crippen molar-refractivity contribution in [2.24, 2.45) is 11.3 Å². The molecule has 1 saturated carbocycles. The predicted octanol–water partition coefficient (Wildman–Crippen LogP) is 6.59. The highest BCUT2D eigenvalue weighted by molar-refractivity contribution is 6.03. The van der Waals surface area contributed by atoms with Crippen molar-refractivity contribution in [2.45, 2.75) is 44.8 Å². The van der Waals surface area contributed by atoms with E-state index in [1.54, 1.807) is 11.0 Å². The average molecular weight is 636 g/mol. The Bertz CT molecular complexity index is 2140. The molecule has 3 fully saturated rings. The van der Waals surface area contributed by atoms with Crippen LogP contribution in [0.2, 0.25) is 0 Å². The van der Waals surface area contributed by atoms with Crippen LogP contribution in [0.25, 0.3) is 32.9 Å². The smallest absolute Gasteiger partial charge is 0.319 e. The Hall–Kier alpha value is -4.43. The summed E-state index contributed by atoms with van der Waals surface area (Å²) in [5.41, 5.74) is 3.80. The summed E-state index contributed by atoms with van der Waals surface area (Å²) in [6, 6.07) is 4.39. The van der Waals surface area contributed by atoms with Crippen LogP contribution in [0.4, 0.5) is 29.1 Å². The Labute approximate surface area is 271 Å². The summed E-state index contributed by atoms with van der Waals surface area (Å²) in [5, 5.41) is 0.702. The van der Waals surface area contributed by atoms with Crippen molar-refractivity contribution in [3.05, 3.63) is 59.6 Å². The molecule has 0 spiro atoms. The molecule has 1 aliphatic carbocycles. The van der Waals surface area contributed by atoms with E-state index in [0.717, 1.165) is 11.3 Å². The fraction of sp³-hybridized carbons (Fsp3) is 0.400. The lowest BCUT2D eigenvalue weighted by Gasteiger charge is -2.40. The molecule has 7 nitrogen and oxygen atoms in total. The number of piperidine rings is 1. The zero-order valence-corrected chi connectivity index (χ0v) is 25.0. The zero-order chi connectivity index (χ0) is 36.6. The number of hydrogen-bond donors (Lipinski definition) is 1. The molecule has 0 radical (unpaired) electrons. The van der Waals surface area contributed by atoms with Crippen molar-refractivity contribution in [1.82, 2.24) is 19.9 Å². The maximum atomic E-state index is 17.0. The van der Waals surface area contributed by atoms with Crippen LogP contribution in [0, 0.1) is 35.3 Å². The maximum absolute atomic E-state index is 17.0. The van der Waals surface area contributed by atoms with E-state index < -0.39 is 55.4 Å². The van der Waals surface area contributed by atoms with Gasteiger partial charge in [-0.1, -0.05) is 25.3 Å². The Kier molecular flexibility index (Phi) is 6.15. The van der Waals surface area contributed by atoms with E-state index in [2.05, 4.69) is 20.9 Å². The van der Waals surface area contributed by atoms with Gasteiger partial charge in [-0.05, 0) is 55.4 Å². The first-order chi connectivity index (χ1) is 24.1. The first-order valence-corrected chi connectivity index (χ1v) is 15.1. The van der Waals surface area contributed by atoms with Gasteiger partial charge in [0, 0.05) is 57.9 Å². The van der Waals surface area contributed by atoms with E-state index in [-0.39, 0.29) is 75.4 Å². The van der Waals surface area contributed by atoms with Crippen LogP contribution in [0.15, 0.2) is 42.4 Å². The molecular weight excluding hydrogens is 596 g/mol. The third-order valence-corrected chi connectivity index (χ3v) is 9.35. The SMILES string of the molecule is [2H]C([2H])([2H])N1CC/C(=C\F)[C@](C)(C([2H])([2H])Oc2nc(N3CCCC[C@H]4[C@H](F)[C@H]43)c3cnc(-c4cc(N)cc5ccc(F)c(C#C)c45)c(F)c3n2)C1. The molecule has 2 aliphatic heterocycles. The van der Waals surface area contributed by atoms with Crippen molar-refractivity contribution in [2.75, 3.05) is 43.8 Å². The first kappa shape index (κ1) is 24.8. The minimum atomic E-state index is -2.83. The number of halogens is 4. The molecule has 4 aromatic rings. The summed E-state index contributed by atoms with van der Waals surface area (Å²) in [6.45, 7) is -4.22. The number of nitrogens with two attached hydrogens (primary N) is 1. The number of terminal acetylenes is 1. The number of pyridine rings is 1. The van der Waals surface area contributed by atoms with E-state index in [9.17, 15) is 8.78 Å². The van der Waals surface area contributed by atoms with Crippen LogP contribution in [-0.2, 0) is 0 Å². The van der Waals surface area contributed by atoms with Gasteiger partial charge in [0.05, 0.1) is 26.1 Å². The molecule has 2 aromatic heterocycles. The largest absolute Gasteiger partial charge is 0.462 e. The van der Waals surface area contributed by atoms with Crippen molar-refractivity contribution in [3.8, 4) is 29.6 Å². The lowest BCUT2D eigenvalue weighted by Crippen LogP contribution is -2.44. The van der Waals surface area contributed by atoms with Gasteiger partial charge in [-0.25, -0.2) is 17.6 Å². The second kappa shape index (κ2) is 11.4. The van der Waals surface area contributed by atoms with Gasteiger partial charge in [0.25, 0.3) is 0 Å². The third-order valence-electron chi connectivity index (χ3n) is 9.35. The quantitative estimate of drug-likeness (QED) is 0.151. The molecule has 3 aliphatic rings. The Morgan fingerprint density at radius 3 is 2.89 bits per heavy atom. The topological polar surface area (TPSA) is 80.4 Å². The number of fused-ring (bicyclic) bond motifs is 3. The number of alkyl halides is 1. The molecule has 0 unspecified atom stereocenters. The van der Waals surface area contributed by atoms with Gasteiger partial charge < -0.3 is 20.3 Å². The lowest BCUT2D eigenvalue weighted by molar-refractivity contribution is 0.109. The molecule has 2 aromatic carbocycles. The highest BCUT2D eigenvalue weighted by Crippen LogP contribution is 2.48. The fourth-order valence-electron chi connectivity index (χ4n) is 6.90. The summed E-state index contributed by atoms with van der Waals surface area (Å²) in [6.07, 6.45) is 8.06. The fourth-order valence-corrected chi connectivity index (χ4v) is 6.90. The number of anilines is 2. The number of aromatic nitrogens is 3. The average Bonchev–Trinajstić information content (AvgIpc) is 3.77. The van der Waals surface area contributed by atoms with Crippen LogP contribution < -0.4 is 15.4 Å². The van der Waals surface area contributed by atoms with Crippen LogP contribution in [-0.4, -0.2) is 65.2 Å². The van der Waals surface area contributed by atoms with Crippen molar-refractivity contribution in [1.29, 1.82) is 0 Å². The van der Waals surface area contributed by atoms with Crippen molar-refractivity contribution < 1.29 is 29.2 Å². The normalized spacial score (nSPS) is 28.0. The van der Waals surface area contributed by atoms with Crippen LogP contribution >= 0.6 is 0 Å². The molecule has 0 bridgehead atoms. The van der Waals surface area contributed by atoms with E-state index in [1.165, 1.54) is 31.3 Å². The molecule has 0 amide bonds. The summed E-state index contributed by atoms with van der Waals surface area (Å²) >= 11 is 0. The molecule has 4 atom stereocenters. The van der Waals surface area contributed by atoms with Gasteiger partial charge in [0.1, 0.15) is 35.6 Å². The Morgan fingerprint density at radius 1 is 1.26 bits per heavy atom. The monoisotopic (exact) mass is 635 g/mol. The van der Waals surface area contributed by atoms with Gasteiger partial charge >= 0.3 is 6.01 Å². The number of nitrogen functional groups attached to an aromatic ring is 1. The Morgan fingerprint density at radius 2 is 2.11 bits per heavy atom. The van der Waals surface area contributed by atoms with Crippen LogP contribution in [0.3, 0.4) is 0 Å². The molecule has 4 heterocycles. The molecular formula is C35H34F4N6O. The van der Waals surface area contributed by atoms with Gasteiger partial charge in [0.15, 0.2) is 5.82 Å². The predicted molar refractivity (Wildman–Crippen MR) is 171 cm³/mol. The summed E-state index contributed by atoms with van der Waals surface area (Å²) in [7, 11) is 0. The van der Waals surface area contributed by atoms with Gasteiger partial charge in [-0.15, -0.1) is 6.42 Å². The summed E-state index contributed by atoms with van der Waals surface area (Å²) in [5.74, 6) is 0.386. The molecule has 2 N–H and O–H groups in total. The summed E-state index contributed by atoms with van der Waals surface area (Å²) in [4.78, 5) is 16.0. The number of likely N-dealkylation sites (tertiary alicyclic amines) is 1. The first-order valence-electron chi connectivity index (χ1n) is 17.6. The summed E-state index contributed by atoms with van der Waals surface area (Å²) < 4.78 is 109. The zero-order valence-electron chi connectivity index (χ0n) is 30.0. The van der Waals surface area contributed by atoms with Crippen LogP contribution in [0.5, 0.6) is 6.01 Å². The maximum Gasteiger partial charge on any atom is 0.319 e. The van der Waals surface area contributed by atoms with Gasteiger partial charge in [-0.3, -0.25) is 4.98 Å². The second-order valence-electron chi connectivity index (χ2n) is 12.4. The highest BCUT2D eigenvalue weighted by Gasteiger charge is 2.55. The second-order valence-corrected chi connectivity index (χ2v) is 12.4. The van der Waals surface area contributed by atoms with Gasteiger partial charge in [0.2, 0.25) is 0 Å². The number of nitrogens with zero attached hydrogens (tertiary/aromatic N) is 5. The molecule has 46 heavy (non-hydrogen) atoms. The van der Waals surface area contributed by atoms with E-state index in [4.69, 9.17) is 23.7 Å².